The lowest BCUT2D eigenvalue weighted by Gasteiger charge is -2.26. The van der Waals surface area contributed by atoms with Gasteiger partial charge in [-0.2, -0.15) is 0 Å². The number of sulfonamides is 1. The fourth-order valence-electron chi connectivity index (χ4n) is 6.00. The van der Waals surface area contributed by atoms with Gasteiger partial charge in [0.1, 0.15) is 34.4 Å². The number of pyridine rings is 1. The standard InChI is InChI=1S/C34H26F2N4O6S/c1-39(47(2,42)43)27-14-30-23(31(34(41)37-20-15-44-16-20)33(46-30)18-6-8-19(35)9-7-18)12-22(27)25-10-11-29-32(38-25)28-13-21-24(36)4-3-5-26(21)40(28)17-45-29/h3-14,20H,15-17H2,1-2H3,(H,37,41). The monoisotopic (exact) mass is 656 g/mol. The molecule has 3 aromatic heterocycles. The van der Waals surface area contributed by atoms with E-state index in [2.05, 4.69) is 5.32 Å². The number of nitrogens with zero attached hydrogens (tertiary/aromatic N) is 3. The first kappa shape index (κ1) is 29.2. The second-order valence-electron chi connectivity index (χ2n) is 11.6. The predicted molar refractivity (Wildman–Crippen MR) is 172 cm³/mol. The number of hydrogen-bond acceptors (Lipinski definition) is 7. The SMILES string of the molecule is CN(c1cc2oc(-c3ccc(F)cc3)c(C(=O)NC3COC3)c2cc1-c1ccc2c(n1)-c1cc3c(F)cccc3n1CO2)S(C)(=O)=O. The molecule has 10 nitrogen and oxygen atoms in total. The summed E-state index contributed by atoms with van der Waals surface area (Å²) in [6, 6.07) is 18.5. The predicted octanol–water partition coefficient (Wildman–Crippen LogP) is 5.94. The molecular weight excluding hydrogens is 630 g/mol. The largest absolute Gasteiger partial charge is 0.470 e. The maximum atomic E-state index is 14.7. The van der Waals surface area contributed by atoms with E-state index in [1.165, 1.54) is 37.4 Å². The summed E-state index contributed by atoms with van der Waals surface area (Å²) in [5, 5.41) is 3.77. The molecule has 1 N–H and O–H groups in total. The number of furan rings is 1. The number of aromatic nitrogens is 2. The summed E-state index contributed by atoms with van der Waals surface area (Å²) >= 11 is 0. The lowest BCUT2D eigenvalue weighted by molar-refractivity contribution is -0.00343. The third-order valence-corrected chi connectivity index (χ3v) is 9.76. The van der Waals surface area contributed by atoms with Crippen LogP contribution in [-0.4, -0.2) is 56.4 Å². The average Bonchev–Trinajstić information content (AvgIpc) is 3.61. The van der Waals surface area contributed by atoms with E-state index >= 15 is 0 Å². The van der Waals surface area contributed by atoms with Crippen LogP contribution in [0.25, 0.3) is 55.8 Å². The van der Waals surface area contributed by atoms with Gasteiger partial charge in [-0.1, -0.05) is 6.07 Å². The number of hydrogen-bond donors (Lipinski definition) is 1. The van der Waals surface area contributed by atoms with Crippen LogP contribution in [0.4, 0.5) is 14.5 Å². The van der Waals surface area contributed by atoms with Gasteiger partial charge in [0.15, 0.2) is 6.73 Å². The molecule has 1 saturated heterocycles. The highest BCUT2D eigenvalue weighted by Crippen LogP contribution is 2.44. The zero-order valence-electron chi connectivity index (χ0n) is 25.1. The highest BCUT2D eigenvalue weighted by Gasteiger charge is 2.30. The van der Waals surface area contributed by atoms with E-state index in [0.717, 1.165) is 10.6 Å². The number of ether oxygens (including phenoxy) is 2. The van der Waals surface area contributed by atoms with E-state index in [1.807, 2.05) is 4.57 Å². The van der Waals surface area contributed by atoms with Gasteiger partial charge in [0.05, 0.1) is 53.7 Å². The Morgan fingerprint density at radius 2 is 1.81 bits per heavy atom. The molecule has 0 saturated carbocycles. The molecule has 0 bridgehead atoms. The Balaban J connectivity index is 1.36. The van der Waals surface area contributed by atoms with Crippen molar-refractivity contribution in [3.8, 4) is 39.7 Å². The van der Waals surface area contributed by atoms with Crippen LogP contribution in [0.3, 0.4) is 0 Å². The van der Waals surface area contributed by atoms with Gasteiger partial charge in [-0.3, -0.25) is 9.10 Å². The van der Waals surface area contributed by atoms with E-state index in [0.29, 0.717) is 63.5 Å². The number of halogens is 2. The molecule has 8 rings (SSSR count). The second-order valence-corrected chi connectivity index (χ2v) is 13.6. The normalized spacial score (nSPS) is 14.4. The number of benzene rings is 3. The van der Waals surface area contributed by atoms with E-state index < -0.39 is 21.7 Å². The van der Waals surface area contributed by atoms with E-state index in [1.54, 1.807) is 42.5 Å². The Hall–Kier alpha value is -5.27. The number of nitrogens with one attached hydrogen (secondary N) is 1. The van der Waals surface area contributed by atoms with Gasteiger partial charge >= 0.3 is 0 Å². The van der Waals surface area contributed by atoms with Crippen molar-refractivity contribution in [1.29, 1.82) is 0 Å². The molecule has 5 heterocycles. The summed E-state index contributed by atoms with van der Waals surface area (Å²) in [7, 11) is -2.36. The van der Waals surface area contributed by atoms with Crippen LogP contribution in [0.1, 0.15) is 10.4 Å². The van der Waals surface area contributed by atoms with E-state index in [9.17, 15) is 22.0 Å². The Labute approximate surface area is 267 Å². The molecule has 2 aliphatic rings. The molecule has 0 spiro atoms. The molecule has 0 radical (unpaired) electrons. The summed E-state index contributed by atoms with van der Waals surface area (Å²) in [6.45, 7) is 0.892. The van der Waals surface area contributed by atoms with E-state index in [4.69, 9.17) is 18.9 Å². The number of carbonyl (C=O) groups is 1. The van der Waals surface area contributed by atoms with Crippen LogP contribution in [0.15, 0.2) is 77.2 Å². The van der Waals surface area contributed by atoms with Crippen molar-refractivity contribution in [3.63, 3.8) is 0 Å². The Morgan fingerprint density at radius 1 is 1.02 bits per heavy atom. The van der Waals surface area contributed by atoms with Crippen molar-refractivity contribution in [2.75, 3.05) is 30.8 Å². The van der Waals surface area contributed by atoms with Crippen molar-refractivity contribution < 1.29 is 35.9 Å². The zero-order valence-corrected chi connectivity index (χ0v) is 25.9. The molecule has 13 heteroatoms. The Bertz CT molecular complexity index is 2360. The van der Waals surface area contributed by atoms with Gasteiger partial charge in [-0.15, -0.1) is 0 Å². The Morgan fingerprint density at radius 3 is 2.53 bits per heavy atom. The van der Waals surface area contributed by atoms with Crippen molar-refractivity contribution in [2.24, 2.45) is 0 Å². The molecule has 2 aliphatic heterocycles. The van der Waals surface area contributed by atoms with Crippen molar-refractivity contribution in [3.05, 3.63) is 90.0 Å². The lowest BCUT2D eigenvalue weighted by Crippen LogP contribution is -2.48. The maximum absolute atomic E-state index is 14.7. The van der Waals surface area contributed by atoms with Gasteiger partial charge in [0, 0.05) is 35.0 Å². The molecule has 0 atom stereocenters. The minimum absolute atomic E-state index is 0.163. The lowest BCUT2D eigenvalue weighted by atomic mass is 10.00. The van der Waals surface area contributed by atoms with Gasteiger partial charge in [-0.05, 0) is 60.7 Å². The Kier molecular flexibility index (Phi) is 6.60. The molecule has 3 aromatic carbocycles. The summed E-state index contributed by atoms with van der Waals surface area (Å²) < 4.78 is 74.7. The van der Waals surface area contributed by atoms with Crippen LogP contribution in [0, 0.1) is 11.6 Å². The highest BCUT2D eigenvalue weighted by atomic mass is 32.2. The minimum Gasteiger partial charge on any atom is -0.470 e. The summed E-state index contributed by atoms with van der Waals surface area (Å²) in [5.74, 6) is -0.578. The quantitative estimate of drug-likeness (QED) is 0.236. The molecule has 0 aliphatic carbocycles. The van der Waals surface area contributed by atoms with Gasteiger partial charge in [0.2, 0.25) is 10.0 Å². The third-order valence-electron chi connectivity index (χ3n) is 8.57. The highest BCUT2D eigenvalue weighted by molar-refractivity contribution is 7.92. The van der Waals surface area contributed by atoms with Crippen molar-refractivity contribution in [2.45, 2.75) is 12.8 Å². The zero-order chi connectivity index (χ0) is 32.6. The van der Waals surface area contributed by atoms with Crippen molar-refractivity contribution >= 4 is 43.5 Å². The average molecular weight is 657 g/mol. The number of rotatable bonds is 6. The topological polar surface area (TPSA) is 116 Å². The first-order valence-corrected chi connectivity index (χ1v) is 16.5. The smallest absolute Gasteiger partial charge is 0.256 e. The molecular formula is C34H26F2N4O6S. The molecule has 238 valence electrons. The van der Waals surface area contributed by atoms with Crippen molar-refractivity contribution in [1.82, 2.24) is 14.9 Å². The fraction of sp³-hybridized carbons (Fsp3) is 0.176. The van der Waals surface area contributed by atoms with Crippen LogP contribution < -0.4 is 14.4 Å². The molecule has 6 aromatic rings. The maximum Gasteiger partial charge on any atom is 0.256 e. The van der Waals surface area contributed by atoms with E-state index in [-0.39, 0.29) is 41.2 Å². The number of amides is 1. The third kappa shape index (κ3) is 4.81. The fourth-order valence-corrected chi connectivity index (χ4v) is 6.51. The molecule has 47 heavy (non-hydrogen) atoms. The summed E-state index contributed by atoms with van der Waals surface area (Å²) in [5.41, 5.74) is 3.64. The number of carbonyl (C=O) groups excluding carboxylic acids is 1. The summed E-state index contributed by atoms with van der Waals surface area (Å²) in [4.78, 5) is 18.7. The van der Waals surface area contributed by atoms with Gasteiger partial charge in [-0.25, -0.2) is 22.2 Å². The van der Waals surface area contributed by atoms with Crippen LogP contribution in [0.2, 0.25) is 0 Å². The second kappa shape index (κ2) is 10.6. The van der Waals surface area contributed by atoms with Gasteiger partial charge in [0.25, 0.3) is 5.91 Å². The minimum atomic E-state index is -3.77. The molecule has 1 amide bonds. The van der Waals surface area contributed by atoms with Crippen LogP contribution in [-0.2, 0) is 21.5 Å². The number of anilines is 1. The molecule has 0 unspecified atom stereocenters. The van der Waals surface area contributed by atoms with Gasteiger partial charge < -0.3 is 23.8 Å². The number of fused-ring (bicyclic) bond motifs is 6. The van der Waals surface area contributed by atoms with Crippen LogP contribution in [0.5, 0.6) is 5.75 Å². The summed E-state index contributed by atoms with van der Waals surface area (Å²) in [6.07, 6.45) is 1.08. The first-order chi connectivity index (χ1) is 22.6. The van der Waals surface area contributed by atoms with Crippen LogP contribution >= 0.6 is 0 Å². The first-order valence-electron chi connectivity index (χ1n) is 14.7. The molecule has 1 fully saturated rings.